The van der Waals surface area contributed by atoms with Gasteiger partial charge in [0, 0.05) is 22.5 Å². The van der Waals surface area contributed by atoms with E-state index in [-0.39, 0.29) is 0 Å². The van der Waals surface area contributed by atoms with Gasteiger partial charge in [-0.15, -0.1) is 11.8 Å². The molecule has 0 bridgehead atoms. The monoisotopic (exact) mass is 213 g/mol. The van der Waals surface area contributed by atoms with Gasteiger partial charge in [0.2, 0.25) is 0 Å². The molecule has 0 aromatic heterocycles. The molecule has 0 radical (unpaired) electrons. The molecule has 0 aliphatic carbocycles. The summed E-state index contributed by atoms with van der Waals surface area (Å²) in [5, 5.41) is 0. The van der Waals surface area contributed by atoms with Crippen LogP contribution in [0.5, 0.6) is 0 Å². The fraction of sp³-hybridized carbons (Fsp3) is 0.0769. The number of rotatable bonds is 1. The predicted molar refractivity (Wildman–Crippen MR) is 66.7 cm³/mol. The van der Waals surface area contributed by atoms with Gasteiger partial charge in [-0.1, -0.05) is 18.2 Å². The van der Waals surface area contributed by atoms with Crippen molar-refractivity contribution in [2.75, 3.05) is 10.7 Å². The van der Waals surface area contributed by atoms with E-state index in [1.165, 1.54) is 16.3 Å². The van der Waals surface area contributed by atoms with Crippen molar-refractivity contribution in [1.29, 1.82) is 0 Å². The first-order valence-electron chi connectivity index (χ1n) is 5.01. The van der Waals surface area contributed by atoms with Crippen molar-refractivity contribution in [1.82, 2.24) is 0 Å². The number of fused-ring (bicyclic) bond motifs is 1. The molecule has 2 aliphatic rings. The molecular formula is C13H11NS. The number of hydrogen-bond donors (Lipinski definition) is 0. The zero-order valence-corrected chi connectivity index (χ0v) is 9.08. The highest BCUT2D eigenvalue weighted by Gasteiger charge is 2.20. The Morgan fingerprint density at radius 3 is 2.87 bits per heavy atom. The van der Waals surface area contributed by atoms with Gasteiger partial charge in [0.05, 0.1) is 5.70 Å². The van der Waals surface area contributed by atoms with Gasteiger partial charge in [-0.3, -0.25) is 0 Å². The van der Waals surface area contributed by atoms with Gasteiger partial charge in [-0.25, -0.2) is 0 Å². The summed E-state index contributed by atoms with van der Waals surface area (Å²) >= 11 is 1.90. The van der Waals surface area contributed by atoms with Crippen LogP contribution >= 0.6 is 11.8 Å². The number of allylic oxidation sites excluding steroid dienone is 2. The van der Waals surface area contributed by atoms with Crippen LogP contribution in [-0.4, -0.2) is 5.75 Å². The molecule has 1 aromatic rings. The van der Waals surface area contributed by atoms with Crippen molar-refractivity contribution in [3.63, 3.8) is 0 Å². The number of para-hydroxylation sites is 1. The molecule has 1 nitrogen and oxygen atoms in total. The maximum Gasteiger partial charge on any atom is 0.0560 e. The number of nitrogens with zero attached hydrogens (tertiary/aromatic N) is 1. The molecule has 2 heterocycles. The minimum atomic E-state index is 1.09. The smallest absolute Gasteiger partial charge is 0.0560 e. The van der Waals surface area contributed by atoms with Crippen LogP contribution in [0.1, 0.15) is 0 Å². The van der Waals surface area contributed by atoms with Gasteiger partial charge in [-0.05, 0) is 30.4 Å². The lowest BCUT2D eigenvalue weighted by molar-refractivity contribution is 1.18. The van der Waals surface area contributed by atoms with E-state index >= 15 is 0 Å². The molecule has 0 amide bonds. The van der Waals surface area contributed by atoms with Crippen molar-refractivity contribution in [3.8, 4) is 0 Å². The predicted octanol–water partition coefficient (Wildman–Crippen LogP) is 3.53. The van der Waals surface area contributed by atoms with Gasteiger partial charge in [-0.2, -0.15) is 0 Å². The van der Waals surface area contributed by atoms with Crippen LogP contribution in [-0.2, 0) is 0 Å². The highest BCUT2D eigenvalue weighted by molar-refractivity contribution is 8.03. The summed E-state index contributed by atoms with van der Waals surface area (Å²) in [5.41, 5.74) is 2.56. The fourth-order valence-electron chi connectivity index (χ4n) is 1.85. The van der Waals surface area contributed by atoms with E-state index in [2.05, 4.69) is 53.6 Å². The molecule has 0 saturated heterocycles. The molecule has 3 rings (SSSR count). The van der Waals surface area contributed by atoms with Crippen molar-refractivity contribution >= 4 is 17.4 Å². The van der Waals surface area contributed by atoms with Crippen molar-refractivity contribution in [3.05, 3.63) is 65.4 Å². The van der Waals surface area contributed by atoms with Crippen LogP contribution in [0, 0.1) is 0 Å². The summed E-state index contributed by atoms with van der Waals surface area (Å²) < 4.78 is 0. The van der Waals surface area contributed by atoms with Crippen LogP contribution in [0.3, 0.4) is 0 Å². The lowest BCUT2D eigenvalue weighted by Gasteiger charge is -2.24. The van der Waals surface area contributed by atoms with Crippen LogP contribution in [0.2, 0.25) is 0 Å². The molecule has 1 aromatic carbocycles. The second kappa shape index (κ2) is 3.63. The number of hydrogen-bond acceptors (Lipinski definition) is 2. The zero-order valence-electron chi connectivity index (χ0n) is 8.26. The molecule has 0 saturated carbocycles. The fourth-order valence-corrected chi connectivity index (χ4v) is 2.77. The Labute approximate surface area is 93.8 Å². The molecule has 0 fully saturated rings. The lowest BCUT2D eigenvalue weighted by Crippen LogP contribution is -2.16. The van der Waals surface area contributed by atoms with Crippen LogP contribution < -0.4 is 4.90 Å². The maximum absolute atomic E-state index is 2.28. The Bertz CT molecular complexity index is 457. The minimum absolute atomic E-state index is 1.09. The first-order chi connectivity index (χ1) is 7.45. The van der Waals surface area contributed by atoms with Gasteiger partial charge in [0.25, 0.3) is 0 Å². The average molecular weight is 213 g/mol. The summed E-state index contributed by atoms with van der Waals surface area (Å²) in [7, 11) is 0. The van der Waals surface area contributed by atoms with Gasteiger partial charge >= 0.3 is 0 Å². The normalized spacial score (nSPS) is 18.5. The summed E-state index contributed by atoms with van der Waals surface area (Å²) in [4.78, 5) is 3.62. The lowest BCUT2D eigenvalue weighted by atomic mass is 10.2. The molecule has 74 valence electrons. The molecular weight excluding hydrogens is 202 g/mol. The van der Waals surface area contributed by atoms with E-state index in [1.807, 2.05) is 17.8 Å². The maximum atomic E-state index is 2.28. The molecule has 0 unspecified atom stereocenters. The van der Waals surface area contributed by atoms with Crippen molar-refractivity contribution < 1.29 is 0 Å². The molecule has 0 spiro atoms. The third-order valence-electron chi connectivity index (χ3n) is 2.54. The molecule has 0 N–H and O–H groups in total. The van der Waals surface area contributed by atoms with E-state index in [9.17, 15) is 0 Å². The largest absolute Gasteiger partial charge is 0.316 e. The first kappa shape index (κ1) is 8.86. The van der Waals surface area contributed by atoms with Crippen LogP contribution in [0.25, 0.3) is 0 Å². The van der Waals surface area contributed by atoms with E-state index in [1.54, 1.807) is 0 Å². The van der Waals surface area contributed by atoms with Crippen LogP contribution in [0.4, 0.5) is 5.69 Å². The third-order valence-corrected chi connectivity index (χ3v) is 3.53. The SMILES string of the molecule is C1=CN(c2ccccc2)C2=CCSC2=C1. The van der Waals surface area contributed by atoms with E-state index in [0.29, 0.717) is 0 Å². The second-order valence-electron chi connectivity index (χ2n) is 3.48. The summed E-state index contributed by atoms with van der Waals surface area (Å²) in [6.07, 6.45) is 8.70. The Kier molecular flexibility index (Phi) is 2.14. The molecule has 15 heavy (non-hydrogen) atoms. The van der Waals surface area contributed by atoms with Crippen LogP contribution in [0.15, 0.2) is 65.4 Å². The third kappa shape index (κ3) is 1.51. The number of thioether (sulfide) groups is 1. The summed E-state index contributed by atoms with van der Waals surface area (Å²) in [6, 6.07) is 10.5. The Morgan fingerprint density at radius 1 is 1.13 bits per heavy atom. The van der Waals surface area contributed by atoms with E-state index in [0.717, 1.165) is 5.75 Å². The number of anilines is 1. The van der Waals surface area contributed by atoms with Gasteiger partial charge < -0.3 is 4.90 Å². The molecule has 0 atom stereocenters. The second-order valence-corrected chi connectivity index (χ2v) is 4.54. The minimum Gasteiger partial charge on any atom is -0.316 e. The van der Waals surface area contributed by atoms with E-state index in [4.69, 9.17) is 0 Å². The highest BCUT2D eigenvalue weighted by atomic mass is 32.2. The Balaban J connectivity index is 2.02. The standard InChI is InChI=1S/C13H11NS/c1-2-5-11(6-3-1)14-9-4-7-13-12(14)8-10-15-13/h1-9H,10H2. The zero-order chi connectivity index (χ0) is 10.1. The van der Waals surface area contributed by atoms with Crippen molar-refractivity contribution in [2.24, 2.45) is 0 Å². The average Bonchev–Trinajstić information content (AvgIpc) is 2.78. The Hall–Kier alpha value is -1.41. The highest BCUT2D eigenvalue weighted by Crippen LogP contribution is 2.38. The molecule has 2 heteroatoms. The Morgan fingerprint density at radius 2 is 2.00 bits per heavy atom. The number of benzene rings is 1. The van der Waals surface area contributed by atoms with Crippen molar-refractivity contribution in [2.45, 2.75) is 0 Å². The molecule has 2 aliphatic heterocycles. The summed E-state index contributed by atoms with van der Waals surface area (Å²) in [5.74, 6) is 1.09. The van der Waals surface area contributed by atoms with Gasteiger partial charge in [0.1, 0.15) is 0 Å². The summed E-state index contributed by atoms with van der Waals surface area (Å²) in [6.45, 7) is 0. The topological polar surface area (TPSA) is 3.24 Å². The van der Waals surface area contributed by atoms with Gasteiger partial charge in [0.15, 0.2) is 0 Å². The quantitative estimate of drug-likeness (QED) is 0.702. The first-order valence-corrected chi connectivity index (χ1v) is 6.00. The van der Waals surface area contributed by atoms with E-state index < -0.39 is 0 Å².